The summed E-state index contributed by atoms with van der Waals surface area (Å²) in [5, 5.41) is 17.7. The highest BCUT2D eigenvalue weighted by Crippen LogP contribution is 2.25. The topological polar surface area (TPSA) is 104 Å². The number of aromatic hydroxyl groups is 2. The van der Waals surface area contributed by atoms with Crippen molar-refractivity contribution in [2.45, 2.75) is 91.6 Å². The highest BCUT2D eigenvalue weighted by molar-refractivity contribution is 5.94. The third-order valence-electron chi connectivity index (χ3n) is 8.43. The number of hydrogen-bond acceptors (Lipinski definition) is 8. The second-order valence-electron chi connectivity index (χ2n) is 13.2. The molecule has 2 fully saturated rings. The van der Waals surface area contributed by atoms with E-state index >= 15 is 0 Å². The molecular weight excluding hydrogens is 768 g/mol. The van der Waals surface area contributed by atoms with Crippen molar-refractivity contribution in [2.24, 2.45) is 0 Å². The highest BCUT2D eigenvalue weighted by Gasteiger charge is 2.17. The van der Waals surface area contributed by atoms with E-state index in [1.807, 2.05) is 6.08 Å². The summed E-state index contributed by atoms with van der Waals surface area (Å²) in [6.45, 7) is 8.80. The van der Waals surface area contributed by atoms with Crippen LogP contribution in [-0.2, 0) is 14.2 Å². The number of carbonyl (C=O) groups is 1. The molecule has 4 aromatic carbocycles. The first-order chi connectivity index (χ1) is 26.8. The van der Waals surface area contributed by atoms with Gasteiger partial charge in [-0.25, -0.2) is 17.6 Å². The van der Waals surface area contributed by atoms with Gasteiger partial charge in [0.1, 0.15) is 34.7 Å². The van der Waals surface area contributed by atoms with E-state index in [9.17, 15) is 22.4 Å². The highest BCUT2D eigenvalue weighted by atomic mass is 35.5. The van der Waals surface area contributed by atoms with E-state index in [1.54, 1.807) is 51.3 Å². The molecule has 2 unspecified atom stereocenters. The molecule has 0 saturated carbocycles. The van der Waals surface area contributed by atoms with Crippen LogP contribution in [0.2, 0.25) is 0 Å². The number of rotatable bonds is 5. The van der Waals surface area contributed by atoms with Gasteiger partial charge in [0.2, 0.25) is 0 Å². The smallest absolute Gasteiger partial charge is 0.199 e. The van der Waals surface area contributed by atoms with Gasteiger partial charge in [0.15, 0.2) is 29.9 Å². The van der Waals surface area contributed by atoms with Crippen LogP contribution in [0, 0.1) is 44.0 Å². The van der Waals surface area contributed by atoms with Gasteiger partial charge < -0.3 is 33.9 Å². The Morgan fingerprint density at radius 1 is 0.632 bits per heavy atom. The zero-order valence-corrected chi connectivity index (χ0v) is 33.6. The van der Waals surface area contributed by atoms with Gasteiger partial charge in [-0.3, -0.25) is 4.79 Å². The molecule has 57 heavy (non-hydrogen) atoms. The van der Waals surface area contributed by atoms with Crippen LogP contribution in [-0.4, -0.2) is 48.4 Å². The van der Waals surface area contributed by atoms with Crippen molar-refractivity contribution in [3.8, 4) is 23.0 Å². The number of benzene rings is 4. The monoisotopic (exact) mass is 820 g/mol. The number of phenols is 2. The molecule has 2 saturated heterocycles. The normalized spacial score (nSPS) is 16.7. The van der Waals surface area contributed by atoms with Gasteiger partial charge >= 0.3 is 0 Å². The first kappa shape index (κ1) is 48.4. The van der Waals surface area contributed by atoms with E-state index in [4.69, 9.17) is 33.9 Å². The molecule has 3 aliphatic rings. The average molecular weight is 821 g/mol. The van der Waals surface area contributed by atoms with Gasteiger partial charge in [-0.1, -0.05) is 24.3 Å². The lowest BCUT2D eigenvalue weighted by Crippen LogP contribution is -2.25. The minimum atomic E-state index is -0.677. The molecule has 3 aliphatic heterocycles. The zero-order chi connectivity index (χ0) is 40.9. The maximum atomic E-state index is 13.2. The lowest BCUT2D eigenvalue weighted by molar-refractivity contribution is -0.106. The van der Waals surface area contributed by atoms with E-state index in [-0.39, 0.29) is 59.7 Å². The summed E-state index contributed by atoms with van der Waals surface area (Å²) in [7, 11) is 0. The maximum Gasteiger partial charge on any atom is 0.199 e. The van der Waals surface area contributed by atoms with Crippen molar-refractivity contribution in [3.63, 3.8) is 0 Å². The largest absolute Gasteiger partial charge is 0.508 e. The minimum Gasteiger partial charge on any atom is -0.508 e. The van der Waals surface area contributed by atoms with Gasteiger partial charge in [-0.05, 0) is 119 Å². The summed E-state index contributed by atoms with van der Waals surface area (Å²) in [6, 6.07) is 17.4. The second kappa shape index (κ2) is 26.2. The molecule has 0 aromatic heterocycles. The predicted octanol–water partition coefficient (Wildman–Crippen LogP) is 11.4. The van der Waals surface area contributed by atoms with Crippen LogP contribution >= 0.6 is 12.4 Å². The van der Waals surface area contributed by atoms with Crippen molar-refractivity contribution >= 4 is 18.2 Å². The van der Waals surface area contributed by atoms with Gasteiger partial charge in [0, 0.05) is 36.6 Å². The molecular formula is C44H53ClF4O8. The number of allylic oxidation sites excluding steroid dienone is 1. The molecule has 3 heterocycles. The number of ketones is 1. The van der Waals surface area contributed by atoms with E-state index in [2.05, 4.69) is 0 Å². The van der Waals surface area contributed by atoms with Crippen LogP contribution in [0.25, 0.3) is 0 Å². The first-order valence-electron chi connectivity index (χ1n) is 18.6. The molecule has 7 rings (SSSR count). The maximum absolute atomic E-state index is 13.2. The van der Waals surface area contributed by atoms with Crippen LogP contribution < -0.4 is 9.47 Å². The summed E-state index contributed by atoms with van der Waals surface area (Å²) >= 11 is 0. The second-order valence-corrected chi connectivity index (χ2v) is 13.2. The fraction of sp³-hybridized carbons (Fsp3) is 0.386. The van der Waals surface area contributed by atoms with E-state index in [0.29, 0.717) is 40.4 Å². The predicted molar refractivity (Wildman–Crippen MR) is 213 cm³/mol. The van der Waals surface area contributed by atoms with Crippen molar-refractivity contribution in [1.82, 2.24) is 0 Å². The Morgan fingerprint density at radius 2 is 1.14 bits per heavy atom. The molecule has 312 valence electrons. The number of carbonyl (C=O) groups excluding carboxylic acids is 1. The fourth-order valence-corrected chi connectivity index (χ4v) is 5.00. The molecule has 2 N–H and O–H groups in total. The van der Waals surface area contributed by atoms with Crippen LogP contribution in [0.1, 0.15) is 85.3 Å². The van der Waals surface area contributed by atoms with E-state index in [1.165, 1.54) is 56.2 Å². The summed E-state index contributed by atoms with van der Waals surface area (Å²) in [4.78, 5) is 10.7. The van der Waals surface area contributed by atoms with Gasteiger partial charge in [0.25, 0.3) is 0 Å². The zero-order valence-electron chi connectivity index (χ0n) is 32.8. The SMILES string of the molecule is C1=COCCC1.CC(=O)c1ccc(C)c(F)c1.Cc1ccc(O)cc1F.Cc1ccc(OC2CCCCO2)cc1F.Cl.Oc1ccc(OC2CCCCO2)cc1F. The van der Waals surface area contributed by atoms with Crippen molar-refractivity contribution in [3.05, 3.63) is 131 Å². The number of Topliss-reactive ketones (excluding diaryl/α,β-unsaturated/α-hetero) is 1. The molecule has 0 aliphatic carbocycles. The van der Waals surface area contributed by atoms with Gasteiger partial charge in [-0.2, -0.15) is 0 Å². The molecule has 0 bridgehead atoms. The number of halogens is 5. The Labute approximate surface area is 338 Å². The molecule has 13 heteroatoms. The summed E-state index contributed by atoms with van der Waals surface area (Å²) in [5.41, 5.74) is 2.17. The Bertz CT molecular complexity index is 1750. The van der Waals surface area contributed by atoms with Crippen LogP contribution in [0.4, 0.5) is 17.6 Å². The van der Waals surface area contributed by atoms with Crippen LogP contribution in [0.5, 0.6) is 23.0 Å². The van der Waals surface area contributed by atoms with Crippen molar-refractivity contribution in [2.75, 3.05) is 19.8 Å². The van der Waals surface area contributed by atoms with Gasteiger partial charge in [0.05, 0.1) is 26.1 Å². The number of aryl methyl sites for hydroxylation is 3. The number of hydrogen-bond donors (Lipinski definition) is 2. The Kier molecular flexibility index (Phi) is 22.2. The third-order valence-corrected chi connectivity index (χ3v) is 8.43. The Hall–Kier alpha value is -4.78. The molecule has 0 spiro atoms. The van der Waals surface area contributed by atoms with E-state index < -0.39 is 5.82 Å². The number of ether oxygens (including phenoxy) is 5. The molecule has 2 atom stereocenters. The lowest BCUT2D eigenvalue weighted by Gasteiger charge is -2.23. The molecule has 0 radical (unpaired) electrons. The van der Waals surface area contributed by atoms with Crippen LogP contribution in [0.3, 0.4) is 0 Å². The lowest BCUT2D eigenvalue weighted by atomic mass is 10.1. The standard InChI is InChI=1S/C12H15FO2.C11H13FO3.C9H9FO.C7H7FO.C5H8O.ClH/c1-9-5-6-10(8-11(9)13)15-12-4-2-3-7-14-12;12-9-7-8(4-5-10(9)13)15-11-3-1-2-6-14-11;1-6-3-4-8(7(2)11)5-9(6)10;1-5-2-3-6(9)4-7(5)8;1-2-4-6-5-3-1;/h5-6,8,12H,2-4,7H2,1H3;4-5,7,11,13H,1-3,6H2;3-5H,1-2H3;2-4,9H,1H3;2,4H,1,3,5H2;1H. The minimum absolute atomic E-state index is 0. The van der Waals surface area contributed by atoms with Gasteiger partial charge in [-0.15, -0.1) is 12.4 Å². The summed E-state index contributed by atoms with van der Waals surface area (Å²) in [6.07, 6.45) is 11.7. The van der Waals surface area contributed by atoms with Crippen LogP contribution in [0.15, 0.2) is 85.1 Å². The Morgan fingerprint density at radius 3 is 1.53 bits per heavy atom. The summed E-state index contributed by atoms with van der Waals surface area (Å²) in [5.74, 6) is -1.17. The van der Waals surface area contributed by atoms with Crippen molar-refractivity contribution < 1.29 is 56.3 Å². The average Bonchev–Trinajstić information content (AvgIpc) is 3.20. The van der Waals surface area contributed by atoms with Crippen molar-refractivity contribution in [1.29, 1.82) is 0 Å². The summed E-state index contributed by atoms with van der Waals surface area (Å²) < 4.78 is 78.0. The quantitative estimate of drug-likeness (QED) is 0.152. The molecule has 0 amide bonds. The first-order valence-corrected chi connectivity index (χ1v) is 18.6. The number of phenolic OH excluding ortho intramolecular Hbond substituents is 2. The third kappa shape index (κ3) is 18.8. The Balaban J connectivity index is 0.000000253. The molecule has 4 aromatic rings. The van der Waals surface area contributed by atoms with E-state index in [0.717, 1.165) is 63.9 Å². The molecule has 8 nitrogen and oxygen atoms in total. The fourth-order valence-electron chi connectivity index (χ4n) is 5.00.